The molecule has 0 aliphatic carbocycles. The van der Waals surface area contributed by atoms with Crippen LogP contribution < -0.4 is 5.73 Å². The van der Waals surface area contributed by atoms with Crippen molar-refractivity contribution in [3.05, 3.63) is 47.9 Å². The third-order valence-electron chi connectivity index (χ3n) is 2.04. The van der Waals surface area contributed by atoms with Gasteiger partial charge in [0.05, 0.1) is 6.54 Å². The molecular formula is C12H13N3OS. The van der Waals surface area contributed by atoms with Gasteiger partial charge in [-0.25, -0.2) is 0 Å². The van der Waals surface area contributed by atoms with E-state index in [1.165, 1.54) is 17.3 Å². The molecule has 1 heterocycles. The van der Waals surface area contributed by atoms with Crippen LogP contribution in [0, 0.1) is 0 Å². The standard InChI is InChI=1S/C12H13N3OS/c13-9-11-14-15-12(16-11)17-8-4-7-10-5-2-1-3-6-10/h1-7H,8-9,13H2/b7-4+. The zero-order chi connectivity index (χ0) is 11.9. The minimum atomic E-state index is 0.285. The Balaban J connectivity index is 1.81. The molecule has 0 aliphatic rings. The van der Waals surface area contributed by atoms with E-state index in [9.17, 15) is 0 Å². The molecule has 0 fully saturated rings. The van der Waals surface area contributed by atoms with Gasteiger partial charge in [-0.05, 0) is 5.56 Å². The first-order valence-corrected chi connectivity index (χ1v) is 6.24. The van der Waals surface area contributed by atoms with Gasteiger partial charge < -0.3 is 10.2 Å². The van der Waals surface area contributed by atoms with Crippen molar-refractivity contribution < 1.29 is 4.42 Å². The second-order valence-corrected chi connectivity index (χ2v) is 4.26. The predicted octanol–water partition coefficient (Wildman–Crippen LogP) is 2.33. The first kappa shape index (κ1) is 11.9. The second kappa shape index (κ2) is 6.22. The first-order valence-electron chi connectivity index (χ1n) is 5.25. The van der Waals surface area contributed by atoms with Crippen molar-refractivity contribution in [2.45, 2.75) is 11.8 Å². The van der Waals surface area contributed by atoms with Crippen LogP contribution in [0.25, 0.3) is 6.08 Å². The normalized spacial score (nSPS) is 11.1. The number of benzene rings is 1. The fourth-order valence-electron chi connectivity index (χ4n) is 1.25. The van der Waals surface area contributed by atoms with Crippen molar-refractivity contribution in [2.24, 2.45) is 5.73 Å². The van der Waals surface area contributed by atoms with E-state index in [2.05, 4.69) is 34.5 Å². The van der Waals surface area contributed by atoms with E-state index in [-0.39, 0.29) is 6.54 Å². The Bertz CT molecular complexity index is 482. The molecule has 0 amide bonds. The zero-order valence-corrected chi connectivity index (χ0v) is 10.1. The molecule has 0 unspecified atom stereocenters. The number of nitrogens with two attached hydrogens (primary N) is 1. The number of nitrogens with zero attached hydrogens (tertiary/aromatic N) is 2. The summed E-state index contributed by atoms with van der Waals surface area (Å²) in [6.07, 6.45) is 4.12. The van der Waals surface area contributed by atoms with Crippen LogP contribution in [0.5, 0.6) is 0 Å². The summed E-state index contributed by atoms with van der Waals surface area (Å²) in [7, 11) is 0. The van der Waals surface area contributed by atoms with Crippen LogP contribution in [0.2, 0.25) is 0 Å². The summed E-state index contributed by atoms with van der Waals surface area (Å²) in [5.74, 6) is 1.26. The first-order chi connectivity index (χ1) is 8.38. The van der Waals surface area contributed by atoms with Crippen LogP contribution in [0.15, 0.2) is 46.0 Å². The summed E-state index contributed by atoms with van der Waals surface area (Å²) in [6.45, 7) is 0.285. The quantitative estimate of drug-likeness (QED) is 0.821. The van der Waals surface area contributed by atoms with Gasteiger partial charge in [-0.1, -0.05) is 54.2 Å². The number of hydrogen-bond acceptors (Lipinski definition) is 5. The maximum absolute atomic E-state index is 5.37. The lowest BCUT2D eigenvalue weighted by Crippen LogP contribution is -1.95. The number of hydrogen-bond donors (Lipinski definition) is 1. The SMILES string of the molecule is NCc1nnc(SC/C=C/c2ccccc2)o1. The van der Waals surface area contributed by atoms with Crippen molar-refractivity contribution in [3.8, 4) is 0 Å². The highest BCUT2D eigenvalue weighted by molar-refractivity contribution is 7.99. The molecule has 17 heavy (non-hydrogen) atoms. The summed E-state index contributed by atoms with van der Waals surface area (Å²) >= 11 is 1.49. The van der Waals surface area contributed by atoms with E-state index in [0.717, 1.165) is 5.75 Å². The molecule has 0 spiro atoms. The van der Waals surface area contributed by atoms with Gasteiger partial charge in [-0.2, -0.15) is 0 Å². The Morgan fingerprint density at radius 2 is 2.06 bits per heavy atom. The Hall–Kier alpha value is -1.59. The Labute approximate surface area is 104 Å². The molecule has 2 aromatic rings. The zero-order valence-electron chi connectivity index (χ0n) is 9.24. The lowest BCUT2D eigenvalue weighted by Gasteiger charge is -1.91. The van der Waals surface area contributed by atoms with Crippen molar-refractivity contribution in [3.63, 3.8) is 0 Å². The average Bonchev–Trinajstić information content (AvgIpc) is 2.84. The monoisotopic (exact) mass is 247 g/mol. The fourth-order valence-corrected chi connectivity index (χ4v) is 1.84. The molecule has 1 aromatic heterocycles. The highest BCUT2D eigenvalue weighted by atomic mass is 32.2. The van der Waals surface area contributed by atoms with E-state index < -0.39 is 0 Å². The Morgan fingerprint density at radius 3 is 2.76 bits per heavy atom. The van der Waals surface area contributed by atoms with Gasteiger partial charge in [0.15, 0.2) is 0 Å². The van der Waals surface area contributed by atoms with E-state index in [0.29, 0.717) is 11.1 Å². The fraction of sp³-hybridized carbons (Fsp3) is 0.167. The smallest absolute Gasteiger partial charge is 0.276 e. The van der Waals surface area contributed by atoms with Crippen molar-refractivity contribution in [2.75, 3.05) is 5.75 Å². The van der Waals surface area contributed by atoms with E-state index in [4.69, 9.17) is 10.2 Å². The van der Waals surface area contributed by atoms with Crippen LogP contribution in [0.1, 0.15) is 11.5 Å². The molecule has 2 rings (SSSR count). The minimum absolute atomic E-state index is 0.285. The molecule has 0 saturated heterocycles. The predicted molar refractivity (Wildman–Crippen MR) is 68.4 cm³/mol. The summed E-state index contributed by atoms with van der Waals surface area (Å²) in [5, 5.41) is 8.21. The molecule has 0 aliphatic heterocycles. The summed E-state index contributed by atoms with van der Waals surface area (Å²) in [5.41, 5.74) is 6.56. The molecule has 0 radical (unpaired) electrons. The van der Waals surface area contributed by atoms with Crippen LogP contribution in [0.3, 0.4) is 0 Å². The molecule has 0 bridgehead atoms. The molecule has 88 valence electrons. The number of thioether (sulfide) groups is 1. The largest absolute Gasteiger partial charge is 0.415 e. The third kappa shape index (κ3) is 3.72. The highest BCUT2D eigenvalue weighted by Gasteiger charge is 2.02. The molecular weight excluding hydrogens is 234 g/mol. The van der Waals surface area contributed by atoms with E-state index in [1.807, 2.05) is 18.2 Å². The van der Waals surface area contributed by atoms with Gasteiger partial charge in [-0.3, -0.25) is 0 Å². The van der Waals surface area contributed by atoms with Crippen molar-refractivity contribution >= 4 is 17.8 Å². The Morgan fingerprint density at radius 1 is 1.24 bits per heavy atom. The lowest BCUT2D eigenvalue weighted by molar-refractivity contribution is 0.415. The van der Waals surface area contributed by atoms with Gasteiger partial charge in [0.1, 0.15) is 0 Å². The van der Waals surface area contributed by atoms with E-state index >= 15 is 0 Å². The van der Waals surface area contributed by atoms with Gasteiger partial charge >= 0.3 is 0 Å². The van der Waals surface area contributed by atoms with Crippen LogP contribution in [0.4, 0.5) is 0 Å². The van der Waals surface area contributed by atoms with Gasteiger partial charge in [0.25, 0.3) is 5.22 Å². The number of aromatic nitrogens is 2. The molecule has 2 N–H and O–H groups in total. The minimum Gasteiger partial charge on any atom is -0.415 e. The summed E-state index contributed by atoms with van der Waals surface area (Å²) in [6, 6.07) is 10.1. The van der Waals surface area contributed by atoms with Crippen LogP contribution in [-0.2, 0) is 6.54 Å². The van der Waals surface area contributed by atoms with E-state index in [1.54, 1.807) is 0 Å². The highest BCUT2D eigenvalue weighted by Crippen LogP contribution is 2.16. The molecule has 0 atom stereocenters. The van der Waals surface area contributed by atoms with Gasteiger partial charge in [-0.15, -0.1) is 10.2 Å². The Kier molecular flexibility index (Phi) is 4.35. The van der Waals surface area contributed by atoms with Crippen molar-refractivity contribution in [1.82, 2.24) is 10.2 Å². The maximum atomic E-state index is 5.37. The third-order valence-corrected chi connectivity index (χ3v) is 2.81. The van der Waals surface area contributed by atoms with Gasteiger partial charge in [0.2, 0.25) is 5.89 Å². The summed E-state index contributed by atoms with van der Waals surface area (Å²) < 4.78 is 5.27. The molecule has 0 saturated carbocycles. The molecule has 1 aromatic carbocycles. The van der Waals surface area contributed by atoms with Gasteiger partial charge in [0, 0.05) is 5.75 Å². The molecule has 4 nitrogen and oxygen atoms in total. The number of rotatable bonds is 5. The average molecular weight is 247 g/mol. The maximum Gasteiger partial charge on any atom is 0.276 e. The second-order valence-electron chi connectivity index (χ2n) is 3.29. The van der Waals surface area contributed by atoms with Crippen LogP contribution >= 0.6 is 11.8 Å². The summed E-state index contributed by atoms with van der Waals surface area (Å²) in [4.78, 5) is 0. The molecule has 5 heteroatoms. The topological polar surface area (TPSA) is 64.9 Å². The lowest BCUT2D eigenvalue weighted by atomic mass is 10.2. The van der Waals surface area contributed by atoms with Crippen LogP contribution in [-0.4, -0.2) is 16.0 Å². The van der Waals surface area contributed by atoms with Crippen molar-refractivity contribution in [1.29, 1.82) is 0 Å².